The number of allylic oxidation sites excluding steroid dienone is 1. The highest BCUT2D eigenvalue weighted by atomic mass is 19.1. The minimum absolute atomic E-state index is 0.00922. The average Bonchev–Trinajstić information content (AvgIpc) is 3.11. The number of pyridine rings is 1. The van der Waals surface area contributed by atoms with E-state index in [4.69, 9.17) is 5.73 Å². The number of aliphatic imine (C=N–C) groups is 1. The highest BCUT2D eigenvalue weighted by molar-refractivity contribution is 6.29. The van der Waals surface area contributed by atoms with Crippen LogP contribution >= 0.6 is 0 Å². The Morgan fingerprint density at radius 2 is 2.09 bits per heavy atom. The molecule has 0 unspecified atom stereocenters. The zero-order chi connectivity index (χ0) is 24.7. The molecule has 0 bridgehead atoms. The highest BCUT2D eigenvalue weighted by Gasteiger charge is 2.24. The summed E-state index contributed by atoms with van der Waals surface area (Å²) in [5, 5.41) is 11.1. The fraction of sp³-hybridized carbons (Fsp3) is 0.217. The molecule has 4 N–H and O–H groups in total. The maximum atomic E-state index is 15.1. The second-order valence-corrected chi connectivity index (χ2v) is 8.25. The molecule has 0 saturated carbocycles. The molecule has 2 amide bonds. The molecule has 0 spiro atoms. The zero-order valence-electron chi connectivity index (χ0n) is 18.7. The topological polar surface area (TPSA) is 148 Å². The summed E-state index contributed by atoms with van der Waals surface area (Å²) in [6.07, 6.45) is 4.62. The van der Waals surface area contributed by atoms with E-state index < -0.39 is 11.7 Å². The van der Waals surface area contributed by atoms with Crippen molar-refractivity contribution in [3.63, 3.8) is 0 Å². The summed E-state index contributed by atoms with van der Waals surface area (Å²) in [7, 11) is 1.45. The van der Waals surface area contributed by atoms with Gasteiger partial charge >= 0.3 is 0 Å². The van der Waals surface area contributed by atoms with E-state index in [1.807, 2.05) is 6.07 Å². The van der Waals surface area contributed by atoms with Crippen LogP contribution in [0.3, 0.4) is 0 Å². The predicted molar refractivity (Wildman–Crippen MR) is 127 cm³/mol. The molecule has 4 heterocycles. The Morgan fingerprint density at radius 3 is 2.89 bits per heavy atom. The number of benzene rings is 1. The van der Waals surface area contributed by atoms with Gasteiger partial charge in [0.25, 0.3) is 5.91 Å². The highest BCUT2D eigenvalue weighted by Crippen LogP contribution is 2.30. The lowest BCUT2D eigenvalue weighted by Crippen LogP contribution is -2.29. The van der Waals surface area contributed by atoms with Gasteiger partial charge in [-0.15, -0.1) is 0 Å². The Morgan fingerprint density at radius 1 is 1.26 bits per heavy atom. The molecule has 12 heteroatoms. The first-order valence-corrected chi connectivity index (χ1v) is 10.8. The average molecular weight is 476 g/mol. The van der Waals surface area contributed by atoms with Crippen molar-refractivity contribution in [3.8, 4) is 0 Å². The van der Waals surface area contributed by atoms with E-state index in [1.54, 1.807) is 10.7 Å². The summed E-state index contributed by atoms with van der Waals surface area (Å²) in [5.41, 5.74) is 6.81. The van der Waals surface area contributed by atoms with E-state index in [1.165, 1.54) is 36.6 Å². The maximum Gasteiger partial charge on any atom is 0.260 e. The van der Waals surface area contributed by atoms with Crippen LogP contribution in [0.2, 0.25) is 0 Å². The lowest BCUT2D eigenvalue weighted by Gasteiger charge is -2.21. The smallest absolute Gasteiger partial charge is 0.260 e. The van der Waals surface area contributed by atoms with Gasteiger partial charge in [-0.25, -0.2) is 9.37 Å². The molecule has 2 aliphatic heterocycles. The number of nitrogens with one attached hydrogen (secondary N) is 2. The minimum atomic E-state index is -0.862. The molecule has 0 radical (unpaired) electrons. The van der Waals surface area contributed by atoms with Crippen LogP contribution in [0, 0.1) is 5.82 Å². The Kier molecular flexibility index (Phi) is 5.47. The van der Waals surface area contributed by atoms with Crippen molar-refractivity contribution in [1.82, 2.24) is 25.0 Å². The van der Waals surface area contributed by atoms with Gasteiger partial charge in [-0.2, -0.15) is 5.10 Å². The van der Waals surface area contributed by atoms with E-state index in [0.29, 0.717) is 41.1 Å². The Hall–Kier alpha value is -4.61. The Labute approximate surface area is 198 Å². The van der Waals surface area contributed by atoms with Gasteiger partial charge in [-0.1, -0.05) is 0 Å². The molecule has 35 heavy (non-hydrogen) atoms. The number of nitrogens with zero attached hydrogens (tertiary/aromatic N) is 5. The molecule has 2 aromatic heterocycles. The molecule has 3 aromatic rings. The van der Waals surface area contributed by atoms with Crippen molar-refractivity contribution >= 4 is 51.9 Å². The summed E-state index contributed by atoms with van der Waals surface area (Å²) in [6, 6.07) is 4.86. The Balaban J connectivity index is 1.46. The molecule has 11 nitrogen and oxygen atoms in total. The quantitative estimate of drug-likeness (QED) is 0.484. The van der Waals surface area contributed by atoms with Crippen molar-refractivity contribution in [2.45, 2.75) is 19.4 Å². The lowest BCUT2D eigenvalue weighted by atomic mass is 10.0. The molecular formula is C23H21FN8O3. The van der Waals surface area contributed by atoms with Crippen LogP contribution in [0.25, 0.3) is 10.8 Å². The van der Waals surface area contributed by atoms with Gasteiger partial charge in [-0.3, -0.25) is 24.1 Å². The molecule has 0 saturated heterocycles. The Bertz CT molecular complexity index is 1460. The normalized spacial score (nSPS) is 15.3. The van der Waals surface area contributed by atoms with E-state index >= 15 is 4.39 Å². The first-order valence-electron chi connectivity index (χ1n) is 10.8. The molecule has 0 aliphatic carbocycles. The SMILES string of the molecule is CN(C(=O)c1cc2cc(Nc3cc4n(n3)CC(=O)NCC4)ncc2c(N)c1F)C1=CN=CC(=O)C1. The number of Topliss-reactive ketones (excluding diaryl/α,β-unsaturated/α-hetero) is 1. The van der Waals surface area contributed by atoms with Crippen LogP contribution in [0.15, 0.2) is 41.3 Å². The first kappa shape index (κ1) is 22.2. The van der Waals surface area contributed by atoms with Gasteiger partial charge in [0, 0.05) is 55.3 Å². The fourth-order valence-electron chi connectivity index (χ4n) is 4.02. The largest absolute Gasteiger partial charge is 0.396 e. The number of hydrogen-bond donors (Lipinski definition) is 3. The molecular weight excluding hydrogens is 455 g/mol. The molecule has 0 atom stereocenters. The number of amides is 2. The van der Waals surface area contributed by atoms with Crippen LogP contribution in [0.5, 0.6) is 0 Å². The number of anilines is 3. The predicted octanol–water partition coefficient (Wildman–Crippen LogP) is 1.53. The number of aromatic nitrogens is 3. The van der Waals surface area contributed by atoms with Gasteiger partial charge in [0.15, 0.2) is 17.4 Å². The van der Waals surface area contributed by atoms with Gasteiger partial charge in [0.05, 0.1) is 23.9 Å². The van der Waals surface area contributed by atoms with E-state index in [9.17, 15) is 14.4 Å². The van der Waals surface area contributed by atoms with Crippen LogP contribution < -0.4 is 16.4 Å². The van der Waals surface area contributed by atoms with Gasteiger partial charge < -0.3 is 21.3 Å². The van der Waals surface area contributed by atoms with Crippen molar-refractivity contribution in [2.24, 2.45) is 4.99 Å². The summed E-state index contributed by atoms with van der Waals surface area (Å²) < 4.78 is 16.7. The molecule has 0 fully saturated rings. The molecule has 2 aliphatic rings. The van der Waals surface area contributed by atoms with Crippen LogP contribution in [0.1, 0.15) is 22.5 Å². The fourth-order valence-corrected chi connectivity index (χ4v) is 4.02. The number of rotatable bonds is 4. The van der Waals surface area contributed by atoms with E-state index in [2.05, 4.69) is 25.7 Å². The van der Waals surface area contributed by atoms with Gasteiger partial charge in [-0.05, 0) is 17.5 Å². The summed E-state index contributed by atoms with van der Waals surface area (Å²) >= 11 is 0. The first-order chi connectivity index (χ1) is 16.8. The summed E-state index contributed by atoms with van der Waals surface area (Å²) in [4.78, 5) is 45.8. The van der Waals surface area contributed by atoms with E-state index in [-0.39, 0.29) is 35.9 Å². The van der Waals surface area contributed by atoms with Crippen molar-refractivity contribution in [2.75, 3.05) is 24.6 Å². The van der Waals surface area contributed by atoms with Crippen LogP contribution in [-0.4, -0.2) is 57.1 Å². The van der Waals surface area contributed by atoms with Gasteiger partial charge in [0.1, 0.15) is 12.4 Å². The summed E-state index contributed by atoms with van der Waals surface area (Å²) in [6.45, 7) is 0.663. The van der Waals surface area contributed by atoms with Crippen molar-refractivity contribution < 1.29 is 18.8 Å². The van der Waals surface area contributed by atoms with Crippen LogP contribution in [0.4, 0.5) is 21.7 Å². The zero-order valence-corrected chi connectivity index (χ0v) is 18.7. The van der Waals surface area contributed by atoms with Crippen molar-refractivity contribution in [3.05, 3.63) is 53.4 Å². The van der Waals surface area contributed by atoms with Crippen molar-refractivity contribution in [1.29, 1.82) is 0 Å². The molecule has 5 rings (SSSR count). The number of nitrogens with two attached hydrogens (primary N) is 1. The van der Waals surface area contributed by atoms with E-state index in [0.717, 1.165) is 5.69 Å². The number of ketones is 1. The molecule has 178 valence electrons. The molecule has 1 aromatic carbocycles. The maximum absolute atomic E-state index is 15.1. The second kappa shape index (κ2) is 8.63. The van der Waals surface area contributed by atoms with Crippen LogP contribution in [-0.2, 0) is 22.6 Å². The third-order valence-electron chi connectivity index (χ3n) is 5.88. The number of carbonyl (C=O) groups excluding carboxylic acids is 3. The second-order valence-electron chi connectivity index (χ2n) is 8.25. The summed E-state index contributed by atoms with van der Waals surface area (Å²) in [5.74, 6) is -0.972. The minimum Gasteiger partial charge on any atom is -0.396 e. The third kappa shape index (κ3) is 4.21. The number of nitrogen functional groups attached to an aromatic ring is 1. The number of halogens is 1. The number of hydrogen-bond acceptors (Lipinski definition) is 8. The standard InChI is InChI=1S/C23H21FN8O3/c1-31(14-6-15(33)9-26-8-14)23(35)16-4-12-5-18(28-10-17(12)22(25)21(16)24)29-19-7-13-2-3-27-20(34)11-32(13)30-19/h4-5,7-10H,2-3,6,11,25H2,1H3,(H,27,34)(H,28,29,30). The number of fused-ring (bicyclic) bond motifs is 2. The van der Waals surface area contributed by atoms with Gasteiger partial charge in [0.2, 0.25) is 5.91 Å². The third-order valence-corrected chi connectivity index (χ3v) is 5.88. The number of carbonyl (C=O) groups is 3. The monoisotopic (exact) mass is 476 g/mol. The lowest BCUT2D eigenvalue weighted by molar-refractivity contribution is -0.121.